The normalized spacial score (nSPS) is 17.3. The molecule has 0 bridgehead atoms. The molecule has 1 N–H and O–H groups in total. The van der Waals surface area contributed by atoms with Crippen LogP contribution >= 0.6 is 0 Å². The van der Waals surface area contributed by atoms with Crippen LogP contribution in [0.25, 0.3) is 0 Å². The number of benzene rings is 1. The number of hydrogen-bond donors (Lipinski definition) is 1. The monoisotopic (exact) mass is 237 g/mol. The summed E-state index contributed by atoms with van der Waals surface area (Å²) in [6, 6.07) is 8.66. The predicted octanol–water partition coefficient (Wildman–Crippen LogP) is 2.03. The second-order valence-electron chi connectivity index (χ2n) is 4.43. The van der Waals surface area contributed by atoms with Crippen molar-refractivity contribution in [2.24, 2.45) is 0 Å². The fourth-order valence-corrected chi connectivity index (χ4v) is 2.36. The molecule has 2 nitrogen and oxygen atoms in total. The van der Waals surface area contributed by atoms with E-state index in [0.717, 1.165) is 24.8 Å². The maximum atomic E-state index is 10.9. The van der Waals surface area contributed by atoms with Crippen LogP contribution in [0.3, 0.4) is 0 Å². The minimum absolute atomic E-state index is 0.688. The Morgan fingerprint density at radius 2 is 2.12 bits per heavy atom. The molecule has 0 amide bonds. The molecule has 2 rings (SSSR count). The molecule has 0 aliphatic heterocycles. The van der Waals surface area contributed by atoms with Gasteiger partial charge in [-0.25, -0.2) is 0 Å². The molecule has 3 heteroatoms. The van der Waals surface area contributed by atoms with E-state index < -0.39 is 10.8 Å². The van der Waals surface area contributed by atoms with E-state index in [9.17, 15) is 4.21 Å². The van der Waals surface area contributed by atoms with E-state index >= 15 is 0 Å². The second kappa shape index (κ2) is 5.60. The highest BCUT2D eigenvalue weighted by atomic mass is 32.2. The average molecular weight is 237 g/mol. The molecule has 0 saturated heterocycles. The second-order valence-corrected chi connectivity index (χ2v) is 5.98. The zero-order valence-electron chi connectivity index (χ0n) is 9.74. The Morgan fingerprint density at radius 3 is 2.81 bits per heavy atom. The molecule has 0 spiro atoms. The molecule has 1 unspecified atom stereocenters. The highest BCUT2D eigenvalue weighted by Gasteiger charge is 2.25. The Hall–Kier alpha value is -0.670. The minimum Gasteiger partial charge on any atom is -0.312 e. The summed E-state index contributed by atoms with van der Waals surface area (Å²) in [6.45, 7) is 1.74. The van der Waals surface area contributed by atoms with Gasteiger partial charge in [0.25, 0.3) is 0 Å². The Balaban J connectivity index is 1.86. The molecular weight excluding hydrogens is 218 g/mol. The van der Waals surface area contributed by atoms with E-state index in [4.69, 9.17) is 0 Å². The van der Waals surface area contributed by atoms with Gasteiger partial charge >= 0.3 is 0 Å². The summed E-state index contributed by atoms with van der Waals surface area (Å²) in [4.78, 5) is 0. The molecule has 1 aromatic rings. The van der Waals surface area contributed by atoms with Gasteiger partial charge in [0, 0.05) is 35.9 Å². The summed E-state index contributed by atoms with van der Waals surface area (Å²) in [5.74, 6) is 1.55. The molecule has 0 heterocycles. The van der Waals surface area contributed by atoms with Gasteiger partial charge < -0.3 is 5.32 Å². The van der Waals surface area contributed by atoms with Crippen LogP contribution in [0, 0.1) is 0 Å². The van der Waals surface area contributed by atoms with Crippen LogP contribution in [0.15, 0.2) is 24.3 Å². The van der Waals surface area contributed by atoms with Crippen molar-refractivity contribution in [3.8, 4) is 0 Å². The third kappa shape index (κ3) is 3.42. The van der Waals surface area contributed by atoms with Crippen molar-refractivity contribution in [1.29, 1.82) is 0 Å². The van der Waals surface area contributed by atoms with E-state index in [1.165, 1.54) is 24.0 Å². The van der Waals surface area contributed by atoms with Crippen LogP contribution < -0.4 is 5.32 Å². The summed E-state index contributed by atoms with van der Waals surface area (Å²) in [5.41, 5.74) is 2.92. The maximum Gasteiger partial charge on any atom is 0.0357 e. The van der Waals surface area contributed by atoms with Crippen molar-refractivity contribution < 1.29 is 4.21 Å². The Morgan fingerprint density at radius 1 is 1.38 bits per heavy atom. The van der Waals surface area contributed by atoms with Crippen molar-refractivity contribution in [3.63, 3.8) is 0 Å². The first-order valence-corrected chi connectivity index (χ1v) is 7.58. The maximum absolute atomic E-state index is 10.9. The van der Waals surface area contributed by atoms with E-state index in [1.54, 1.807) is 6.26 Å². The van der Waals surface area contributed by atoms with Crippen LogP contribution in [-0.2, 0) is 17.3 Å². The quantitative estimate of drug-likeness (QED) is 0.767. The van der Waals surface area contributed by atoms with Crippen LogP contribution in [0.1, 0.15) is 29.9 Å². The van der Waals surface area contributed by atoms with Gasteiger partial charge in [-0.3, -0.25) is 4.21 Å². The van der Waals surface area contributed by atoms with Gasteiger partial charge in [-0.1, -0.05) is 24.3 Å². The Bertz CT molecular complexity index is 374. The molecule has 1 fully saturated rings. The van der Waals surface area contributed by atoms with Gasteiger partial charge in [0.1, 0.15) is 0 Å². The Labute approximate surface area is 99.9 Å². The first-order chi connectivity index (χ1) is 7.77. The first kappa shape index (κ1) is 11.8. The van der Waals surface area contributed by atoms with Gasteiger partial charge in [-0.15, -0.1) is 0 Å². The molecular formula is C13H19NOS. The van der Waals surface area contributed by atoms with Gasteiger partial charge in [0.15, 0.2) is 0 Å². The smallest absolute Gasteiger partial charge is 0.0357 e. The molecule has 16 heavy (non-hydrogen) atoms. The molecule has 0 aromatic heterocycles. The largest absolute Gasteiger partial charge is 0.312 e. The highest BCUT2D eigenvalue weighted by molar-refractivity contribution is 7.84. The number of hydrogen-bond acceptors (Lipinski definition) is 2. The third-order valence-electron chi connectivity index (χ3n) is 2.95. The molecule has 88 valence electrons. The van der Waals surface area contributed by atoms with E-state index in [1.807, 2.05) is 0 Å². The lowest BCUT2D eigenvalue weighted by molar-refractivity contribution is 0.676. The van der Waals surface area contributed by atoms with Crippen molar-refractivity contribution in [2.45, 2.75) is 25.3 Å². The standard InChI is InChI=1S/C13H19NOS/c1-16(15)9-8-14-10-12-4-2-3-5-13(12)11-6-7-11/h2-5,11,14H,6-10H2,1H3. The number of nitrogens with one attached hydrogen (secondary N) is 1. The van der Waals surface area contributed by atoms with Gasteiger partial charge in [-0.2, -0.15) is 0 Å². The highest BCUT2D eigenvalue weighted by Crippen LogP contribution is 2.41. The third-order valence-corrected chi connectivity index (χ3v) is 3.73. The zero-order valence-corrected chi connectivity index (χ0v) is 10.6. The van der Waals surface area contributed by atoms with Crippen molar-refractivity contribution in [1.82, 2.24) is 5.32 Å². The van der Waals surface area contributed by atoms with Crippen LogP contribution in [0.4, 0.5) is 0 Å². The lowest BCUT2D eigenvalue weighted by Gasteiger charge is -2.09. The minimum atomic E-state index is -0.688. The summed E-state index contributed by atoms with van der Waals surface area (Å²) >= 11 is 0. The fraction of sp³-hybridized carbons (Fsp3) is 0.538. The Kier molecular flexibility index (Phi) is 4.13. The van der Waals surface area contributed by atoms with Crippen LogP contribution in [-0.4, -0.2) is 22.8 Å². The summed E-state index contributed by atoms with van der Waals surface area (Å²) in [7, 11) is -0.688. The fourth-order valence-electron chi connectivity index (χ4n) is 1.93. The van der Waals surface area contributed by atoms with Gasteiger partial charge in [0.2, 0.25) is 0 Å². The zero-order chi connectivity index (χ0) is 11.4. The molecule has 1 aromatic carbocycles. The van der Waals surface area contributed by atoms with E-state index in [-0.39, 0.29) is 0 Å². The summed E-state index contributed by atoms with van der Waals surface area (Å²) in [6.07, 6.45) is 4.44. The molecule has 1 atom stereocenters. The van der Waals surface area contributed by atoms with Crippen molar-refractivity contribution in [2.75, 3.05) is 18.6 Å². The molecule has 1 saturated carbocycles. The van der Waals surface area contributed by atoms with E-state index in [2.05, 4.69) is 29.6 Å². The summed E-state index contributed by atoms with van der Waals surface area (Å²) < 4.78 is 10.9. The first-order valence-electron chi connectivity index (χ1n) is 5.86. The number of rotatable bonds is 6. The molecule has 1 aliphatic carbocycles. The lowest BCUT2D eigenvalue weighted by atomic mass is 10.0. The predicted molar refractivity (Wildman–Crippen MR) is 69.1 cm³/mol. The topological polar surface area (TPSA) is 29.1 Å². The summed E-state index contributed by atoms with van der Waals surface area (Å²) in [5, 5.41) is 3.36. The van der Waals surface area contributed by atoms with Crippen LogP contribution in [0.2, 0.25) is 0 Å². The van der Waals surface area contributed by atoms with Gasteiger partial charge in [0.05, 0.1) is 0 Å². The molecule has 1 aliphatic rings. The van der Waals surface area contributed by atoms with E-state index in [0.29, 0.717) is 0 Å². The SMILES string of the molecule is CS(=O)CCNCc1ccccc1C1CC1. The lowest BCUT2D eigenvalue weighted by Crippen LogP contribution is -2.20. The van der Waals surface area contributed by atoms with Crippen LogP contribution in [0.5, 0.6) is 0 Å². The van der Waals surface area contributed by atoms with Crippen molar-refractivity contribution >= 4 is 10.8 Å². The molecule has 0 radical (unpaired) electrons. The average Bonchev–Trinajstić information content (AvgIpc) is 3.08. The van der Waals surface area contributed by atoms with Gasteiger partial charge in [-0.05, 0) is 29.9 Å². The van der Waals surface area contributed by atoms with Crippen molar-refractivity contribution in [3.05, 3.63) is 35.4 Å².